The van der Waals surface area contributed by atoms with Crippen molar-refractivity contribution in [1.82, 2.24) is 19.1 Å². The van der Waals surface area contributed by atoms with E-state index in [1.165, 1.54) is 16.1 Å². The van der Waals surface area contributed by atoms with Gasteiger partial charge < -0.3 is 4.74 Å². The second-order valence-electron chi connectivity index (χ2n) is 7.38. The molecule has 8 nitrogen and oxygen atoms in total. The van der Waals surface area contributed by atoms with Gasteiger partial charge in [-0.2, -0.15) is 4.31 Å². The largest absolute Gasteiger partial charge is 0.462 e. The molecule has 1 unspecified atom stereocenters. The lowest BCUT2D eigenvalue weighted by Crippen LogP contribution is -2.30. The smallest absolute Gasteiger partial charge is 0.316 e. The molecular formula is C21H32N4O4S2. The van der Waals surface area contributed by atoms with Gasteiger partial charge in [0.2, 0.25) is 10.0 Å². The second-order valence-corrected chi connectivity index (χ2v) is 10.3. The molecule has 0 radical (unpaired) electrons. The highest BCUT2D eigenvalue weighted by molar-refractivity contribution is 7.99. The average molecular weight is 469 g/mol. The van der Waals surface area contributed by atoms with Crippen molar-refractivity contribution in [2.75, 3.05) is 18.8 Å². The van der Waals surface area contributed by atoms with Gasteiger partial charge in [0.25, 0.3) is 0 Å². The molecule has 0 fully saturated rings. The first-order chi connectivity index (χ1) is 14.6. The van der Waals surface area contributed by atoms with Crippen molar-refractivity contribution in [3.05, 3.63) is 24.3 Å². The summed E-state index contributed by atoms with van der Waals surface area (Å²) in [5.74, 6) is 0.390. The number of thioether (sulfide) groups is 1. The molecule has 0 saturated heterocycles. The number of carbonyl (C=O) groups is 1. The molecule has 1 aromatic heterocycles. The number of carbonyl (C=O) groups excluding carboxylic acids is 1. The summed E-state index contributed by atoms with van der Waals surface area (Å²) >= 11 is 1.27. The lowest BCUT2D eigenvalue weighted by molar-refractivity contribution is -0.144. The summed E-state index contributed by atoms with van der Waals surface area (Å²) < 4.78 is 34.5. The van der Waals surface area contributed by atoms with Crippen molar-refractivity contribution in [2.24, 2.45) is 0 Å². The average Bonchev–Trinajstić information content (AvgIpc) is 3.16. The van der Waals surface area contributed by atoms with Gasteiger partial charge in [-0.15, -0.1) is 10.2 Å². The molecular weight excluding hydrogens is 436 g/mol. The van der Waals surface area contributed by atoms with Gasteiger partial charge in [-0.05, 0) is 39.3 Å². The third-order valence-electron chi connectivity index (χ3n) is 4.82. The van der Waals surface area contributed by atoms with Gasteiger partial charge in [0, 0.05) is 24.7 Å². The highest BCUT2D eigenvalue weighted by atomic mass is 32.2. The summed E-state index contributed by atoms with van der Waals surface area (Å²) in [7, 11) is -3.59. The first-order valence-electron chi connectivity index (χ1n) is 10.5. The molecule has 0 amide bonds. The Labute approximate surface area is 189 Å². The zero-order valence-corrected chi connectivity index (χ0v) is 20.7. The number of ether oxygens (including phenoxy) is 1. The predicted molar refractivity (Wildman–Crippen MR) is 123 cm³/mol. The Bertz CT molecular complexity index is 985. The Morgan fingerprint density at radius 1 is 1.16 bits per heavy atom. The number of hydrogen-bond donors (Lipinski definition) is 0. The van der Waals surface area contributed by atoms with Crippen molar-refractivity contribution >= 4 is 27.8 Å². The molecule has 0 spiro atoms. The van der Waals surface area contributed by atoms with E-state index in [-0.39, 0.29) is 28.8 Å². The third-order valence-corrected chi connectivity index (χ3v) is 7.78. The maximum Gasteiger partial charge on any atom is 0.316 e. The summed E-state index contributed by atoms with van der Waals surface area (Å²) in [6.45, 7) is 12.1. The number of nitrogens with zero attached hydrogens (tertiary/aromatic N) is 4. The van der Waals surface area contributed by atoms with Gasteiger partial charge in [-0.25, -0.2) is 8.42 Å². The summed E-state index contributed by atoms with van der Waals surface area (Å²) in [4.78, 5) is 12.2. The summed E-state index contributed by atoms with van der Waals surface area (Å²) in [6.07, 6.45) is 0.651. The lowest BCUT2D eigenvalue weighted by atomic mass is 10.2. The van der Waals surface area contributed by atoms with Crippen LogP contribution in [0.1, 0.15) is 54.0 Å². The monoisotopic (exact) mass is 468 g/mol. The lowest BCUT2D eigenvalue weighted by Gasteiger charge is -2.19. The quantitative estimate of drug-likeness (QED) is 0.363. The molecule has 1 atom stereocenters. The Kier molecular flexibility index (Phi) is 9.08. The highest BCUT2D eigenvalue weighted by Crippen LogP contribution is 2.30. The Morgan fingerprint density at radius 2 is 1.84 bits per heavy atom. The summed E-state index contributed by atoms with van der Waals surface area (Å²) in [5.41, 5.74) is 0.664. The second kappa shape index (κ2) is 11.1. The fourth-order valence-electron chi connectivity index (χ4n) is 3.08. The zero-order chi connectivity index (χ0) is 23.2. The molecule has 1 aromatic carbocycles. The highest BCUT2D eigenvalue weighted by Gasteiger charge is 2.24. The summed E-state index contributed by atoms with van der Waals surface area (Å²) in [5, 5.41) is 9.21. The van der Waals surface area contributed by atoms with E-state index in [9.17, 15) is 13.2 Å². The minimum absolute atomic E-state index is 0.0664. The Morgan fingerprint density at radius 3 is 2.42 bits per heavy atom. The van der Waals surface area contributed by atoms with E-state index < -0.39 is 10.0 Å². The Balaban J connectivity index is 2.43. The first-order valence-corrected chi connectivity index (χ1v) is 13.0. The van der Waals surface area contributed by atoms with E-state index in [4.69, 9.17) is 4.74 Å². The van der Waals surface area contributed by atoms with Crippen LogP contribution in [0.5, 0.6) is 0 Å². The van der Waals surface area contributed by atoms with Crippen LogP contribution < -0.4 is 0 Å². The fourth-order valence-corrected chi connectivity index (χ4v) is 5.40. The summed E-state index contributed by atoms with van der Waals surface area (Å²) in [6, 6.07) is 6.84. The maximum atomic E-state index is 13.0. The molecule has 0 aliphatic rings. The van der Waals surface area contributed by atoms with Crippen molar-refractivity contribution in [1.29, 1.82) is 0 Å². The molecule has 0 bridgehead atoms. The van der Waals surface area contributed by atoms with Crippen LogP contribution in [0.4, 0.5) is 0 Å². The molecule has 0 aliphatic heterocycles. The van der Waals surface area contributed by atoms with Gasteiger partial charge in [0.05, 0.1) is 16.8 Å². The minimum Gasteiger partial charge on any atom is -0.462 e. The van der Waals surface area contributed by atoms with Crippen LogP contribution in [0.15, 0.2) is 34.3 Å². The van der Waals surface area contributed by atoms with E-state index in [1.54, 1.807) is 18.2 Å². The number of benzene rings is 1. The van der Waals surface area contributed by atoms with Crippen LogP contribution in [0.2, 0.25) is 0 Å². The Hall–Kier alpha value is -1.91. The van der Waals surface area contributed by atoms with Crippen molar-refractivity contribution in [3.63, 3.8) is 0 Å². The van der Waals surface area contributed by atoms with Gasteiger partial charge in [-0.3, -0.25) is 9.36 Å². The number of rotatable bonds is 11. The van der Waals surface area contributed by atoms with Crippen LogP contribution in [0, 0.1) is 0 Å². The molecule has 31 heavy (non-hydrogen) atoms. The van der Waals surface area contributed by atoms with Crippen molar-refractivity contribution < 1.29 is 17.9 Å². The maximum absolute atomic E-state index is 13.0. The van der Waals surface area contributed by atoms with E-state index >= 15 is 0 Å². The van der Waals surface area contributed by atoms with Crippen LogP contribution in [0.25, 0.3) is 11.4 Å². The molecule has 1 heterocycles. The molecule has 10 heteroatoms. The van der Waals surface area contributed by atoms with Crippen molar-refractivity contribution in [2.45, 2.75) is 70.2 Å². The fraction of sp³-hybridized carbons (Fsp3) is 0.571. The third kappa shape index (κ3) is 6.08. The normalized spacial score (nSPS) is 13.0. The zero-order valence-electron chi connectivity index (χ0n) is 19.0. The van der Waals surface area contributed by atoms with Gasteiger partial charge in [0.15, 0.2) is 11.0 Å². The van der Waals surface area contributed by atoms with Crippen molar-refractivity contribution in [3.8, 4) is 11.4 Å². The van der Waals surface area contributed by atoms with Crippen LogP contribution in [0.3, 0.4) is 0 Å². The van der Waals surface area contributed by atoms with Gasteiger partial charge >= 0.3 is 5.97 Å². The van der Waals surface area contributed by atoms with Crippen LogP contribution in [-0.2, 0) is 19.6 Å². The van der Waals surface area contributed by atoms with Gasteiger partial charge in [-0.1, -0.05) is 44.7 Å². The van der Waals surface area contributed by atoms with Gasteiger partial charge in [0.1, 0.15) is 0 Å². The molecule has 0 saturated carbocycles. The molecule has 2 rings (SSSR count). The molecule has 0 aliphatic carbocycles. The van der Waals surface area contributed by atoms with Crippen LogP contribution in [-0.4, -0.2) is 58.4 Å². The molecule has 172 valence electrons. The SMILES string of the molecule is CCC(C)n1c(SCC(=O)OC(C)C)nnc1-c1cccc(S(=O)(=O)N(CC)CC)c1. The number of aromatic nitrogens is 3. The number of hydrogen-bond acceptors (Lipinski definition) is 7. The minimum atomic E-state index is -3.59. The number of esters is 1. The molecule has 2 aromatic rings. The predicted octanol–water partition coefficient (Wildman–Crippen LogP) is 3.99. The standard InChI is InChI=1S/C21H32N4O4S2/c1-7-16(6)25-20(22-23-21(25)30-14-19(26)29-15(4)5)17-11-10-12-18(13-17)31(27,28)24(8-2)9-3/h10-13,15-16H,7-9,14H2,1-6H3. The van der Waals surface area contributed by atoms with E-state index in [0.29, 0.717) is 29.6 Å². The number of sulfonamides is 1. The van der Waals surface area contributed by atoms with Crippen LogP contribution >= 0.6 is 11.8 Å². The topological polar surface area (TPSA) is 94.4 Å². The first kappa shape index (κ1) is 25.4. The van der Waals surface area contributed by atoms with E-state index in [2.05, 4.69) is 17.1 Å². The van der Waals surface area contributed by atoms with E-state index in [1.807, 2.05) is 45.3 Å². The van der Waals surface area contributed by atoms with E-state index in [0.717, 1.165) is 6.42 Å². The molecule has 0 N–H and O–H groups in total.